The van der Waals surface area contributed by atoms with Crippen LogP contribution in [-0.2, 0) is 25.6 Å². The fourth-order valence-electron chi connectivity index (χ4n) is 6.90. The van der Waals surface area contributed by atoms with Gasteiger partial charge in [0.1, 0.15) is 22.8 Å². The number of nitrogens with two attached hydrogens (primary N) is 2. The number of fused-ring (bicyclic) bond motifs is 3. The summed E-state index contributed by atoms with van der Waals surface area (Å²) in [7, 11) is 2.87. The first-order valence-corrected chi connectivity index (χ1v) is 13.9. The highest BCUT2D eigenvalue weighted by Crippen LogP contribution is 2.56. The number of aliphatic hydroxyl groups is 4. The zero-order valence-corrected chi connectivity index (χ0v) is 24.2. The Bertz CT molecular complexity index is 1650. The number of carbonyl (C=O) groups excluding carboxylic acids is 4. The monoisotopic (exact) mass is 606 g/mol. The smallest absolute Gasteiger partial charge is 0.255 e. The van der Waals surface area contributed by atoms with Crippen molar-refractivity contribution >= 4 is 34.8 Å². The average Bonchev–Trinajstić information content (AvgIpc) is 2.96. The van der Waals surface area contributed by atoms with Crippen molar-refractivity contribution < 1.29 is 44.7 Å². The van der Waals surface area contributed by atoms with Gasteiger partial charge in [-0.2, -0.15) is 0 Å². The molecule has 0 spiro atoms. The molecule has 13 nitrogen and oxygen atoms in total. The van der Waals surface area contributed by atoms with E-state index in [0.717, 1.165) is 5.56 Å². The number of phenols is 1. The quantitative estimate of drug-likeness (QED) is 0.161. The predicted octanol–water partition coefficient (Wildman–Crippen LogP) is 0.00430. The van der Waals surface area contributed by atoms with Gasteiger partial charge in [-0.1, -0.05) is 43.3 Å². The van der Waals surface area contributed by atoms with Crippen LogP contribution in [0.15, 0.2) is 59.4 Å². The molecule has 13 heteroatoms. The van der Waals surface area contributed by atoms with Gasteiger partial charge in [0, 0.05) is 11.5 Å². The average molecular weight is 607 g/mol. The number of rotatable bonds is 6. The highest BCUT2D eigenvalue weighted by atomic mass is 16.4. The van der Waals surface area contributed by atoms with Gasteiger partial charge in [0.15, 0.2) is 11.4 Å². The fraction of sp³-hybridized carbons (Fsp3) is 0.355. The summed E-state index contributed by atoms with van der Waals surface area (Å²) in [6.07, 6.45) is -1.50. The second-order valence-electron chi connectivity index (χ2n) is 11.8. The number of amides is 2. The van der Waals surface area contributed by atoms with Crippen LogP contribution in [0.1, 0.15) is 29.5 Å². The Kier molecular flexibility index (Phi) is 7.62. The van der Waals surface area contributed by atoms with Crippen molar-refractivity contribution in [2.75, 3.05) is 19.4 Å². The highest BCUT2D eigenvalue weighted by molar-refractivity contribution is 6.24. The lowest BCUT2D eigenvalue weighted by molar-refractivity contribution is -0.169. The van der Waals surface area contributed by atoms with Crippen LogP contribution in [0.5, 0.6) is 5.75 Å². The highest BCUT2D eigenvalue weighted by Gasteiger charge is 2.68. The van der Waals surface area contributed by atoms with Gasteiger partial charge in [0.2, 0.25) is 11.7 Å². The van der Waals surface area contributed by atoms with Crippen LogP contribution < -0.4 is 16.8 Å². The molecule has 3 aliphatic carbocycles. The zero-order valence-electron chi connectivity index (χ0n) is 24.2. The van der Waals surface area contributed by atoms with Crippen LogP contribution in [0.25, 0.3) is 5.76 Å². The number of carbonyl (C=O) groups is 4. The molecule has 1 saturated carbocycles. The third kappa shape index (κ3) is 4.39. The summed E-state index contributed by atoms with van der Waals surface area (Å²) in [5, 5.41) is 59.7. The molecule has 1 fully saturated rings. The van der Waals surface area contributed by atoms with Gasteiger partial charge >= 0.3 is 0 Å². The number of primary amides is 1. The zero-order chi connectivity index (χ0) is 32.4. The van der Waals surface area contributed by atoms with E-state index in [-0.39, 0.29) is 17.7 Å². The van der Waals surface area contributed by atoms with Crippen molar-refractivity contribution in [1.82, 2.24) is 4.90 Å². The van der Waals surface area contributed by atoms with Gasteiger partial charge in [0.25, 0.3) is 5.91 Å². The second kappa shape index (κ2) is 10.9. The summed E-state index contributed by atoms with van der Waals surface area (Å²) in [5.41, 5.74) is 7.63. The van der Waals surface area contributed by atoms with E-state index in [1.807, 2.05) is 18.2 Å². The molecule has 0 heterocycles. The summed E-state index contributed by atoms with van der Waals surface area (Å²) in [6, 6.07) is 9.51. The summed E-state index contributed by atoms with van der Waals surface area (Å²) in [5.74, 6) is -10.6. The molecule has 2 aromatic rings. The molecule has 0 aromatic heterocycles. The molecule has 7 atom stereocenters. The number of nitrogens with zero attached hydrogens (tertiary/aromatic N) is 1. The number of anilines is 1. The molecule has 232 valence electrons. The number of ketones is 2. The summed E-state index contributed by atoms with van der Waals surface area (Å²) in [6.45, 7) is 1.62. The Labute approximate surface area is 252 Å². The van der Waals surface area contributed by atoms with Crippen LogP contribution in [-0.4, -0.2) is 91.7 Å². The molecule has 5 rings (SSSR count). The Morgan fingerprint density at radius 3 is 2.30 bits per heavy atom. The topological polar surface area (TPSA) is 237 Å². The Hall–Kier alpha value is -4.56. The first kappa shape index (κ1) is 30.9. The molecule has 3 aliphatic rings. The van der Waals surface area contributed by atoms with Crippen molar-refractivity contribution in [3.8, 4) is 5.75 Å². The molecule has 2 aromatic carbocycles. The van der Waals surface area contributed by atoms with Crippen LogP contribution >= 0.6 is 0 Å². The van der Waals surface area contributed by atoms with E-state index in [9.17, 15) is 44.7 Å². The van der Waals surface area contributed by atoms with E-state index >= 15 is 0 Å². The summed E-state index contributed by atoms with van der Waals surface area (Å²) >= 11 is 0. The number of benzene rings is 2. The maximum absolute atomic E-state index is 14.1. The lowest BCUT2D eigenvalue weighted by atomic mass is 9.54. The van der Waals surface area contributed by atoms with E-state index in [0.29, 0.717) is 5.56 Å². The Morgan fingerprint density at radius 1 is 1.07 bits per heavy atom. The van der Waals surface area contributed by atoms with Crippen LogP contribution in [0.3, 0.4) is 0 Å². The minimum atomic E-state index is -3.02. The minimum Gasteiger partial charge on any atom is -0.508 e. The fourth-order valence-corrected chi connectivity index (χ4v) is 6.90. The molecule has 10 N–H and O–H groups in total. The van der Waals surface area contributed by atoms with Crippen molar-refractivity contribution in [2.24, 2.45) is 23.3 Å². The van der Waals surface area contributed by atoms with E-state index in [1.54, 1.807) is 19.1 Å². The number of hydrogen-bond donors (Lipinski definition) is 8. The Balaban J connectivity index is 1.60. The summed E-state index contributed by atoms with van der Waals surface area (Å²) in [4.78, 5) is 53.7. The lowest BCUT2D eigenvalue weighted by Gasteiger charge is -2.53. The maximum atomic E-state index is 14.1. The molecule has 3 unspecified atom stereocenters. The number of aromatic hydroxyl groups is 1. The van der Waals surface area contributed by atoms with Gasteiger partial charge in [-0.15, -0.1) is 0 Å². The largest absolute Gasteiger partial charge is 0.508 e. The number of hydrogen-bond acceptors (Lipinski definition) is 11. The molecular formula is C31H34N4O9. The van der Waals surface area contributed by atoms with E-state index in [2.05, 4.69) is 5.32 Å². The number of phenolic OH excluding ortho intramolecular Hbond substituents is 1. The molecule has 0 aliphatic heterocycles. The summed E-state index contributed by atoms with van der Waals surface area (Å²) < 4.78 is 0. The van der Waals surface area contributed by atoms with Gasteiger partial charge in [-0.25, -0.2) is 0 Å². The van der Waals surface area contributed by atoms with E-state index < -0.39 is 93.3 Å². The van der Waals surface area contributed by atoms with Crippen molar-refractivity contribution in [2.45, 2.75) is 43.1 Å². The third-order valence-corrected chi connectivity index (χ3v) is 9.02. The van der Waals surface area contributed by atoms with Crippen LogP contribution in [0.4, 0.5) is 5.69 Å². The normalized spacial score (nSPS) is 28.8. The molecule has 0 radical (unpaired) electrons. The van der Waals surface area contributed by atoms with Gasteiger partial charge < -0.3 is 42.3 Å². The lowest BCUT2D eigenvalue weighted by Crippen LogP contribution is -2.70. The Morgan fingerprint density at radius 2 is 1.70 bits per heavy atom. The van der Waals surface area contributed by atoms with Crippen LogP contribution in [0.2, 0.25) is 0 Å². The van der Waals surface area contributed by atoms with Gasteiger partial charge in [-0.3, -0.25) is 24.1 Å². The van der Waals surface area contributed by atoms with Crippen LogP contribution in [0, 0.1) is 11.8 Å². The van der Waals surface area contributed by atoms with E-state index in [4.69, 9.17) is 11.5 Å². The standard InChI is InChI=1S/C31H34N4O9/c1-12-14-9-10-16(34-30(43)15(32)11-13-7-5-4-6-8-13)23(36)18(14)24(37)19-17(12)25(38)21-22(35(2)3)26(39)20(29(33)42)28(41)31(21,44)27(19)40/h4-10,12,15,17,21-22,25,36-38,41,44H,11,32H2,1-3H3,(H2,33,42)(H,34,43)/t12-,15+,17?,21?,22-,25?,31-/m0/s1. The third-order valence-electron chi connectivity index (χ3n) is 9.02. The number of aliphatic hydroxyl groups excluding tert-OH is 3. The predicted molar refractivity (Wildman–Crippen MR) is 157 cm³/mol. The van der Waals surface area contributed by atoms with Crippen molar-refractivity contribution in [1.29, 1.82) is 0 Å². The van der Waals surface area contributed by atoms with E-state index in [1.165, 1.54) is 31.1 Å². The SMILES string of the molecule is C[C@H]1c2ccc(NC(=O)[C@H](N)Cc3ccccc3)c(O)c2C(O)=C2C(=O)[C@]3(O)C(O)=C(C(N)=O)C(=O)[C@@H](N(C)C)C3C(O)C21. The molecule has 0 bridgehead atoms. The molecular weight excluding hydrogens is 572 g/mol. The van der Waals surface area contributed by atoms with Gasteiger partial charge in [-0.05, 0) is 43.6 Å². The first-order chi connectivity index (χ1) is 20.6. The van der Waals surface area contributed by atoms with Crippen molar-refractivity contribution in [3.63, 3.8) is 0 Å². The maximum Gasteiger partial charge on any atom is 0.255 e. The molecule has 44 heavy (non-hydrogen) atoms. The van der Waals surface area contributed by atoms with Crippen molar-refractivity contribution in [3.05, 3.63) is 76.1 Å². The molecule has 2 amide bonds. The van der Waals surface area contributed by atoms with Gasteiger partial charge in [0.05, 0.1) is 35.4 Å². The minimum absolute atomic E-state index is 0.120. The first-order valence-electron chi connectivity index (χ1n) is 13.9. The molecule has 0 saturated heterocycles. The number of likely N-dealkylation sites (N-methyl/N-ethyl adjacent to an activating group) is 1. The number of Topliss-reactive ketones (excluding diaryl/α,β-unsaturated/α-hetero) is 2. The second-order valence-corrected chi connectivity index (χ2v) is 11.8. The number of nitrogens with one attached hydrogen (secondary N) is 1.